The largest absolute Gasteiger partial charge is 0.390 e. The third-order valence-electron chi connectivity index (χ3n) is 2.24. The molecule has 0 aromatic rings. The molecule has 0 radical (unpaired) electrons. The summed E-state index contributed by atoms with van der Waals surface area (Å²) in [7, 11) is 0. The Kier molecular flexibility index (Phi) is 1.96. The summed E-state index contributed by atoms with van der Waals surface area (Å²) >= 11 is 0. The van der Waals surface area contributed by atoms with Crippen molar-refractivity contribution >= 4 is 0 Å². The van der Waals surface area contributed by atoms with Crippen molar-refractivity contribution in [2.75, 3.05) is 0 Å². The number of hydrogen-bond donors (Lipinski definition) is 4. The van der Waals surface area contributed by atoms with Crippen LogP contribution in [0.4, 0.5) is 0 Å². The van der Waals surface area contributed by atoms with Gasteiger partial charge in [-0.25, -0.2) is 0 Å². The van der Waals surface area contributed by atoms with Crippen molar-refractivity contribution in [1.29, 1.82) is 0 Å². The van der Waals surface area contributed by atoms with Crippen LogP contribution in [-0.4, -0.2) is 39.7 Å². The van der Waals surface area contributed by atoms with E-state index in [0.717, 1.165) is 0 Å². The maximum Gasteiger partial charge on any atom is 0.108 e. The Morgan fingerprint density at radius 2 is 1.50 bits per heavy atom. The van der Waals surface area contributed by atoms with Crippen LogP contribution in [0.1, 0.15) is 6.92 Å². The molecule has 0 heterocycles. The Balaban J connectivity index is 2.68. The van der Waals surface area contributed by atoms with Gasteiger partial charge in [0.25, 0.3) is 0 Å². The quantitative estimate of drug-likeness (QED) is 0.320. The maximum atomic E-state index is 9.12. The molecule has 0 aromatic heterocycles. The molecule has 1 fully saturated rings. The number of nitrogens with two attached hydrogens (primary N) is 1. The van der Waals surface area contributed by atoms with Gasteiger partial charge < -0.3 is 21.1 Å². The molecule has 1 saturated carbocycles. The Morgan fingerprint density at radius 3 is 1.60 bits per heavy atom. The molecule has 0 aromatic carbocycles. The van der Waals surface area contributed by atoms with Gasteiger partial charge in [-0.15, -0.1) is 0 Å². The summed E-state index contributed by atoms with van der Waals surface area (Å²) in [4.78, 5) is 0. The molecular weight excluding hydrogens is 134 g/mol. The molecule has 0 bridgehead atoms. The average molecular weight is 147 g/mol. The van der Waals surface area contributed by atoms with Crippen LogP contribution in [-0.2, 0) is 0 Å². The third-order valence-corrected chi connectivity index (χ3v) is 2.24. The van der Waals surface area contributed by atoms with Crippen molar-refractivity contribution in [2.45, 2.75) is 31.3 Å². The summed E-state index contributed by atoms with van der Waals surface area (Å²) < 4.78 is 0. The lowest BCUT2D eigenvalue weighted by molar-refractivity contribution is -0.0257. The van der Waals surface area contributed by atoms with Gasteiger partial charge in [0.1, 0.15) is 6.10 Å². The molecule has 4 heteroatoms. The third kappa shape index (κ3) is 0.932. The Bertz CT molecular complexity index is 85.3. The predicted molar refractivity (Wildman–Crippen MR) is 35.2 cm³/mol. The molecule has 0 aliphatic heterocycles. The van der Waals surface area contributed by atoms with Crippen molar-refractivity contribution in [3.05, 3.63) is 0 Å². The fraction of sp³-hybridized carbons (Fsp3) is 1.00. The highest BCUT2D eigenvalue weighted by Crippen LogP contribution is 2.24. The van der Waals surface area contributed by atoms with Gasteiger partial charge in [0.15, 0.2) is 0 Å². The summed E-state index contributed by atoms with van der Waals surface area (Å²) in [5, 5.41) is 27.2. The van der Waals surface area contributed by atoms with Crippen molar-refractivity contribution in [3.63, 3.8) is 0 Å². The number of hydrogen-bond acceptors (Lipinski definition) is 4. The van der Waals surface area contributed by atoms with E-state index in [1.165, 1.54) is 0 Å². The fourth-order valence-corrected chi connectivity index (χ4v) is 1.28. The van der Waals surface area contributed by atoms with Crippen molar-refractivity contribution in [1.82, 2.24) is 0 Å². The molecule has 4 nitrogen and oxygen atoms in total. The van der Waals surface area contributed by atoms with Crippen LogP contribution in [0.15, 0.2) is 0 Å². The lowest BCUT2D eigenvalue weighted by Gasteiger charge is -2.12. The first kappa shape index (κ1) is 7.94. The first-order valence-corrected chi connectivity index (χ1v) is 3.35. The zero-order valence-corrected chi connectivity index (χ0v) is 5.81. The van der Waals surface area contributed by atoms with Crippen LogP contribution in [0.5, 0.6) is 0 Å². The highest BCUT2D eigenvalue weighted by molar-refractivity contribution is 4.98. The lowest BCUT2D eigenvalue weighted by Crippen LogP contribution is -2.37. The molecule has 1 rings (SSSR count). The van der Waals surface area contributed by atoms with Crippen LogP contribution in [0.25, 0.3) is 0 Å². The molecule has 1 aliphatic rings. The monoisotopic (exact) mass is 147 g/mol. The van der Waals surface area contributed by atoms with Crippen molar-refractivity contribution < 1.29 is 15.3 Å². The van der Waals surface area contributed by atoms with Gasteiger partial charge in [0, 0.05) is 12.0 Å². The Hall–Kier alpha value is -0.160. The highest BCUT2D eigenvalue weighted by Gasteiger charge is 2.44. The summed E-state index contributed by atoms with van der Waals surface area (Å²) in [5.41, 5.74) is 5.43. The number of aliphatic hydroxyl groups is 3. The van der Waals surface area contributed by atoms with E-state index in [4.69, 9.17) is 21.1 Å². The molecule has 60 valence electrons. The van der Waals surface area contributed by atoms with Gasteiger partial charge in [-0.05, 0) is 0 Å². The van der Waals surface area contributed by atoms with E-state index in [9.17, 15) is 0 Å². The number of aliphatic hydroxyl groups excluding tert-OH is 3. The molecule has 5 N–H and O–H groups in total. The fourth-order valence-electron chi connectivity index (χ4n) is 1.28. The first-order chi connectivity index (χ1) is 4.55. The van der Waals surface area contributed by atoms with E-state index >= 15 is 0 Å². The Morgan fingerprint density at radius 1 is 1.00 bits per heavy atom. The summed E-state index contributed by atoms with van der Waals surface area (Å²) in [6, 6.07) is -0.509. The van der Waals surface area contributed by atoms with E-state index in [1.54, 1.807) is 6.92 Å². The molecule has 0 amide bonds. The first-order valence-electron chi connectivity index (χ1n) is 3.35. The molecular formula is C6H13NO3. The van der Waals surface area contributed by atoms with Crippen LogP contribution in [0.3, 0.4) is 0 Å². The van der Waals surface area contributed by atoms with E-state index in [-0.39, 0.29) is 5.92 Å². The minimum atomic E-state index is -1.08. The van der Waals surface area contributed by atoms with Crippen LogP contribution in [0, 0.1) is 5.92 Å². The normalized spacial score (nSPS) is 55.5. The summed E-state index contributed by atoms with van der Waals surface area (Å²) in [6.45, 7) is 1.70. The smallest absolute Gasteiger partial charge is 0.108 e. The SMILES string of the molecule is C[C@H]1[C@H](N)[C@H](O)[C@@H](O)[C@@H]1O. The van der Waals surface area contributed by atoms with Crippen LogP contribution >= 0.6 is 0 Å². The van der Waals surface area contributed by atoms with Gasteiger partial charge in [-0.3, -0.25) is 0 Å². The van der Waals surface area contributed by atoms with Gasteiger partial charge >= 0.3 is 0 Å². The van der Waals surface area contributed by atoms with Crippen LogP contribution in [0.2, 0.25) is 0 Å². The molecule has 0 saturated heterocycles. The summed E-state index contributed by atoms with van der Waals surface area (Å²) in [5.74, 6) is -0.231. The van der Waals surface area contributed by atoms with Gasteiger partial charge in [0.2, 0.25) is 0 Å². The van der Waals surface area contributed by atoms with Gasteiger partial charge in [-0.2, -0.15) is 0 Å². The second-order valence-corrected chi connectivity index (χ2v) is 2.91. The van der Waals surface area contributed by atoms with Gasteiger partial charge in [0.05, 0.1) is 12.2 Å². The zero-order chi connectivity index (χ0) is 7.89. The van der Waals surface area contributed by atoms with E-state index in [0.29, 0.717) is 0 Å². The average Bonchev–Trinajstić information content (AvgIpc) is 2.07. The van der Waals surface area contributed by atoms with Crippen LogP contribution < -0.4 is 5.73 Å². The van der Waals surface area contributed by atoms with E-state index in [2.05, 4.69) is 0 Å². The highest BCUT2D eigenvalue weighted by atomic mass is 16.4. The molecule has 0 spiro atoms. The molecule has 10 heavy (non-hydrogen) atoms. The maximum absolute atomic E-state index is 9.12. The second-order valence-electron chi connectivity index (χ2n) is 2.91. The molecule has 1 aliphatic carbocycles. The topological polar surface area (TPSA) is 86.7 Å². The lowest BCUT2D eigenvalue weighted by atomic mass is 10.1. The second kappa shape index (κ2) is 2.47. The minimum absolute atomic E-state index is 0.231. The van der Waals surface area contributed by atoms with E-state index < -0.39 is 24.4 Å². The van der Waals surface area contributed by atoms with E-state index in [1.807, 2.05) is 0 Å². The van der Waals surface area contributed by atoms with Crippen molar-refractivity contribution in [2.24, 2.45) is 11.7 Å². The predicted octanol–water partition coefficient (Wildman–Crippen LogP) is -1.95. The minimum Gasteiger partial charge on any atom is -0.390 e. The molecule has 0 unspecified atom stereocenters. The Labute approximate surface area is 59.3 Å². The molecule has 5 atom stereocenters. The standard InChI is InChI=1S/C6H13NO3/c1-2-3(7)5(9)6(10)4(2)8/h2-6,8-10H,7H2,1H3/t2-,3-,4+,5-,6-/m0/s1. The van der Waals surface area contributed by atoms with Crippen molar-refractivity contribution in [3.8, 4) is 0 Å². The summed E-state index contributed by atoms with van der Waals surface area (Å²) in [6.07, 6.45) is -2.94. The number of rotatable bonds is 0. The van der Waals surface area contributed by atoms with Gasteiger partial charge in [-0.1, -0.05) is 6.92 Å². The zero-order valence-electron chi connectivity index (χ0n) is 5.81.